The molecule has 2 aromatic carbocycles. The Morgan fingerprint density at radius 2 is 1.93 bits per heavy atom. The lowest BCUT2D eigenvalue weighted by Gasteiger charge is -2.31. The molecule has 5 nitrogen and oxygen atoms in total. The van der Waals surface area contributed by atoms with Gasteiger partial charge in [-0.1, -0.05) is 29.8 Å². The Labute approximate surface area is 180 Å². The second kappa shape index (κ2) is 9.82. The van der Waals surface area contributed by atoms with Gasteiger partial charge in [-0.2, -0.15) is 0 Å². The van der Waals surface area contributed by atoms with Crippen molar-refractivity contribution in [1.82, 2.24) is 10.2 Å². The van der Waals surface area contributed by atoms with E-state index in [2.05, 4.69) is 60.5 Å². The van der Waals surface area contributed by atoms with Crippen molar-refractivity contribution in [1.29, 1.82) is 0 Å². The molecule has 2 aliphatic rings. The maximum Gasteiger partial charge on any atom is 0.124 e. The van der Waals surface area contributed by atoms with Gasteiger partial charge in [-0.25, -0.2) is 0 Å². The minimum absolute atomic E-state index is 0.235. The number of morpholine rings is 1. The van der Waals surface area contributed by atoms with Crippen LogP contribution in [0.5, 0.6) is 11.5 Å². The van der Waals surface area contributed by atoms with Gasteiger partial charge >= 0.3 is 0 Å². The predicted molar refractivity (Wildman–Crippen MR) is 119 cm³/mol. The van der Waals surface area contributed by atoms with Gasteiger partial charge in [0.15, 0.2) is 0 Å². The predicted octanol–water partition coefficient (Wildman–Crippen LogP) is 3.88. The molecule has 30 heavy (non-hydrogen) atoms. The van der Waals surface area contributed by atoms with Crippen LogP contribution in [-0.4, -0.2) is 50.5 Å². The molecule has 2 atom stereocenters. The third kappa shape index (κ3) is 5.15. The van der Waals surface area contributed by atoms with Crippen molar-refractivity contribution in [2.45, 2.75) is 45.9 Å². The Morgan fingerprint density at radius 3 is 2.67 bits per heavy atom. The molecular weight excluding hydrogens is 376 g/mol. The smallest absolute Gasteiger partial charge is 0.124 e. The normalized spacial score (nSPS) is 19.9. The van der Waals surface area contributed by atoms with E-state index < -0.39 is 0 Å². The molecule has 0 aromatic heterocycles. The van der Waals surface area contributed by atoms with E-state index in [1.54, 1.807) is 0 Å². The van der Waals surface area contributed by atoms with E-state index in [1.807, 2.05) is 6.92 Å². The molecule has 0 spiro atoms. The summed E-state index contributed by atoms with van der Waals surface area (Å²) in [5.74, 6) is 1.97. The quantitative estimate of drug-likeness (QED) is 0.715. The topological polar surface area (TPSA) is 43.0 Å². The first-order valence-electron chi connectivity index (χ1n) is 11.2. The number of fused-ring (bicyclic) bond motifs is 1. The van der Waals surface area contributed by atoms with Crippen molar-refractivity contribution in [3.63, 3.8) is 0 Å². The molecule has 1 N–H and O–H groups in total. The number of hydrogen-bond donors (Lipinski definition) is 1. The van der Waals surface area contributed by atoms with Gasteiger partial charge in [-0.15, -0.1) is 0 Å². The molecule has 2 aliphatic heterocycles. The summed E-state index contributed by atoms with van der Waals surface area (Å²) in [5, 5.41) is 3.80. The second-order valence-electron chi connectivity index (χ2n) is 8.39. The largest absolute Gasteiger partial charge is 0.494 e. The number of hydrogen-bond acceptors (Lipinski definition) is 5. The molecule has 0 radical (unpaired) electrons. The molecule has 0 aliphatic carbocycles. The summed E-state index contributed by atoms with van der Waals surface area (Å²) in [6.07, 6.45) is 1.19. The molecule has 2 aromatic rings. The molecule has 0 saturated carbocycles. The number of aryl methyl sites for hydroxylation is 1. The number of nitrogens with one attached hydrogen (secondary N) is 1. The Balaban J connectivity index is 1.52. The van der Waals surface area contributed by atoms with Gasteiger partial charge in [0.1, 0.15) is 17.6 Å². The number of benzene rings is 2. The maximum absolute atomic E-state index is 6.00. The third-order valence-corrected chi connectivity index (χ3v) is 5.94. The van der Waals surface area contributed by atoms with Crippen LogP contribution >= 0.6 is 0 Å². The first-order chi connectivity index (χ1) is 14.6. The van der Waals surface area contributed by atoms with Crippen LogP contribution in [0.15, 0.2) is 36.4 Å². The van der Waals surface area contributed by atoms with Gasteiger partial charge in [0, 0.05) is 49.8 Å². The summed E-state index contributed by atoms with van der Waals surface area (Å²) in [6.45, 7) is 12.3. The first kappa shape index (κ1) is 21.2. The highest BCUT2D eigenvalue weighted by molar-refractivity contribution is 5.48. The van der Waals surface area contributed by atoms with E-state index in [-0.39, 0.29) is 12.1 Å². The third-order valence-electron chi connectivity index (χ3n) is 5.94. The van der Waals surface area contributed by atoms with E-state index in [0.29, 0.717) is 6.61 Å². The minimum Gasteiger partial charge on any atom is -0.494 e. The monoisotopic (exact) mass is 410 g/mol. The lowest BCUT2D eigenvalue weighted by atomic mass is 10.0. The van der Waals surface area contributed by atoms with Crippen LogP contribution in [0, 0.1) is 6.92 Å². The number of nitrogens with zero attached hydrogens (tertiary/aromatic N) is 1. The van der Waals surface area contributed by atoms with Crippen LogP contribution in [0.2, 0.25) is 0 Å². The van der Waals surface area contributed by atoms with Gasteiger partial charge < -0.3 is 19.5 Å². The molecule has 1 fully saturated rings. The van der Waals surface area contributed by atoms with Crippen LogP contribution < -0.4 is 14.8 Å². The average Bonchev–Trinajstić information content (AvgIpc) is 3.11. The van der Waals surface area contributed by atoms with Crippen LogP contribution in [0.25, 0.3) is 0 Å². The minimum atomic E-state index is 0.235. The zero-order chi connectivity index (χ0) is 20.9. The zero-order valence-corrected chi connectivity index (χ0v) is 18.4. The maximum atomic E-state index is 6.00. The van der Waals surface area contributed by atoms with Crippen LogP contribution in [0.3, 0.4) is 0 Å². The molecule has 0 bridgehead atoms. The Hall–Kier alpha value is -2.08. The fourth-order valence-corrected chi connectivity index (χ4v) is 4.27. The Kier molecular flexibility index (Phi) is 6.93. The number of ether oxygens (including phenoxy) is 3. The average molecular weight is 411 g/mol. The second-order valence-corrected chi connectivity index (χ2v) is 8.39. The van der Waals surface area contributed by atoms with E-state index >= 15 is 0 Å². The molecule has 2 unspecified atom stereocenters. The van der Waals surface area contributed by atoms with Crippen molar-refractivity contribution in [2.24, 2.45) is 0 Å². The number of rotatable bonds is 8. The van der Waals surface area contributed by atoms with Gasteiger partial charge in [-0.3, -0.25) is 4.90 Å². The van der Waals surface area contributed by atoms with Crippen molar-refractivity contribution >= 4 is 0 Å². The summed E-state index contributed by atoms with van der Waals surface area (Å²) in [6, 6.07) is 13.4. The fourth-order valence-electron chi connectivity index (χ4n) is 4.27. The zero-order valence-electron chi connectivity index (χ0n) is 18.4. The van der Waals surface area contributed by atoms with Gasteiger partial charge in [0.25, 0.3) is 0 Å². The molecule has 4 rings (SSSR count). The summed E-state index contributed by atoms with van der Waals surface area (Å²) in [4.78, 5) is 2.48. The van der Waals surface area contributed by atoms with Crippen LogP contribution in [0.4, 0.5) is 0 Å². The molecular formula is C25H34N2O3. The Bertz CT molecular complexity index is 831. The van der Waals surface area contributed by atoms with Crippen molar-refractivity contribution in [3.8, 4) is 11.5 Å². The molecule has 0 amide bonds. The standard InChI is InChI=1S/C25H34N2O3/c1-4-29-24-14-21-13-19(3)30-25(21)15-22(24)16-26-23(17-27-9-11-28-12-10-27)20-7-5-18(2)6-8-20/h5-8,14-15,19,23,26H,4,9-13,16-17H2,1-3H3. The van der Waals surface area contributed by atoms with Crippen molar-refractivity contribution < 1.29 is 14.2 Å². The van der Waals surface area contributed by atoms with Gasteiger partial charge in [0.05, 0.1) is 19.8 Å². The fraction of sp³-hybridized carbons (Fsp3) is 0.520. The van der Waals surface area contributed by atoms with E-state index in [0.717, 1.165) is 62.9 Å². The lowest BCUT2D eigenvalue weighted by Crippen LogP contribution is -2.41. The SMILES string of the molecule is CCOc1cc2c(cc1CNC(CN1CCOCC1)c1ccc(C)cc1)OC(C)C2. The van der Waals surface area contributed by atoms with Gasteiger partial charge in [-0.05, 0) is 38.5 Å². The summed E-state index contributed by atoms with van der Waals surface area (Å²) in [5.41, 5.74) is 5.00. The van der Waals surface area contributed by atoms with E-state index in [4.69, 9.17) is 14.2 Å². The van der Waals surface area contributed by atoms with Crippen molar-refractivity contribution in [3.05, 3.63) is 58.7 Å². The van der Waals surface area contributed by atoms with E-state index in [1.165, 1.54) is 16.7 Å². The van der Waals surface area contributed by atoms with Gasteiger partial charge in [0.2, 0.25) is 0 Å². The molecule has 1 saturated heterocycles. The van der Waals surface area contributed by atoms with Crippen molar-refractivity contribution in [2.75, 3.05) is 39.5 Å². The lowest BCUT2D eigenvalue weighted by molar-refractivity contribution is 0.0333. The molecule has 5 heteroatoms. The van der Waals surface area contributed by atoms with Crippen LogP contribution in [0.1, 0.15) is 42.1 Å². The highest BCUT2D eigenvalue weighted by Crippen LogP contribution is 2.35. The summed E-state index contributed by atoms with van der Waals surface area (Å²) in [7, 11) is 0. The van der Waals surface area contributed by atoms with Crippen LogP contribution in [-0.2, 0) is 17.7 Å². The highest BCUT2D eigenvalue weighted by Gasteiger charge is 2.23. The first-order valence-corrected chi connectivity index (χ1v) is 11.2. The Morgan fingerprint density at radius 1 is 1.17 bits per heavy atom. The molecule has 162 valence electrons. The van der Waals surface area contributed by atoms with E-state index in [9.17, 15) is 0 Å². The molecule has 2 heterocycles. The summed E-state index contributed by atoms with van der Waals surface area (Å²) < 4.78 is 17.5. The highest BCUT2D eigenvalue weighted by atomic mass is 16.5. The summed E-state index contributed by atoms with van der Waals surface area (Å²) >= 11 is 0.